The third kappa shape index (κ3) is 4.73. The van der Waals surface area contributed by atoms with Gasteiger partial charge in [-0.1, -0.05) is 25.1 Å². The van der Waals surface area contributed by atoms with Crippen LogP contribution >= 0.6 is 0 Å². The molecule has 2 aromatic rings. The third-order valence-corrected chi connectivity index (χ3v) is 7.12. The predicted molar refractivity (Wildman–Crippen MR) is 109 cm³/mol. The Labute approximate surface area is 165 Å². The largest absolute Gasteiger partial charge is 0.361 e. The summed E-state index contributed by atoms with van der Waals surface area (Å²) in [5.41, 5.74) is 3.14. The first-order chi connectivity index (χ1) is 13.3. The van der Waals surface area contributed by atoms with E-state index in [0.29, 0.717) is 13.0 Å². The molecule has 1 saturated heterocycles. The summed E-state index contributed by atoms with van der Waals surface area (Å²) in [6.45, 7) is 4.03. The van der Waals surface area contributed by atoms with Crippen molar-refractivity contribution in [3.8, 4) is 0 Å². The Balaban J connectivity index is 1.52. The minimum absolute atomic E-state index is 0.0455. The van der Waals surface area contributed by atoms with E-state index in [-0.39, 0.29) is 35.7 Å². The van der Waals surface area contributed by atoms with Crippen LogP contribution in [0, 0.1) is 5.92 Å². The fraction of sp³-hybridized carbons (Fsp3) is 0.500. The molecule has 2 atom stereocenters. The van der Waals surface area contributed by atoms with Gasteiger partial charge < -0.3 is 15.6 Å². The van der Waals surface area contributed by atoms with E-state index in [2.05, 4.69) is 28.6 Å². The Morgan fingerprint density at radius 2 is 2.07 bits per heavy atom. The molecule has 8 heteroatoms. The molecule has 2 amide bonds. The van der Waals surface area contributed by atoms with Gasteiger partial charge in [0.05, 0.1) is 17.9 Å². The number of rotatable bonds is 7. The lowest BCUT2D eigenvalue weighted by Gasteiger charge is -2.16. The maximum atomic E-state index is 12.4. The molecule has 1 fully saturated rings. The molecule has 1 aliphatic heterocycles. The van der Waals surface area contributed by atoms with Crippen LogP contribution in [-0.4, -0.2) is 49.3 Å². The number of carbonyl (C=O) groups is 2. The fourth-order valence-electron chi connectivity index (χ4n) is 3.68. The van der Waals surface area contributed by atoms with Crippen molar-refractivity contribution in [1.82, 2.24) is 15.6 Å². The first-order valence-electron chi connectivity index (χ1n) is 9.64. The van der Waals surface area contributed by atoms with Crippen molar-refractivity contribution in [3.63, 3.8) is 0 Å². The van der Waals surface area contributed by atoms with Gasteiger partial charge in [0.15, 0.2) is 9.84 Å². The minimum atomic E-state index is -2.96. The van der Waals surface area contributed by atoms with Crippen molar-refractivity contribution in [2.75, 3.05) is 18.1 Å². The molecule has 3 N–H and O–H groups in total. The van der Waals surface area contributed by atoms with Crippen LogP contribution in [0.1, 0.15) is 31.4 Å². The first-order valence-corrected chi connectivity index (χ1v) is 11.5. The Morgan fingerprint density at radius 3 is 2.75 bits per heavy atom. The van der Waals surface area contributed by atoms with Gasteiger partial charge in [-0.05, 0) is 36.8 Å². The summed E-state index contributed by atoms with van der Waals surface area (Å²) >= 11 is 0. The molecule has 1 aromatic carbocycles. The van der Waals surface area contributed by atoms with Gasteiger partial charge in [-0.3, -0.25) is 9.59 Å². The van der Waals surface area contributed by atoms with Gasteiger partial charge in [-0.25, -0.2) is 8.42 Å². The minimum Gasteiger partial charge on any atom is -0.361 e. The van der Waals surface area contributed by atoms with Crippen LogP contribution in [-0.2, 0) is 32.3 Å². The summed E-state index contributed by atoms with van der Waals surface area (Å²) in [5, 5.41) is 6.49. The van der Waals surface area contributed by atoms with Crippen LogP contribution in [0.4, 0.5) is 0 Å². The highest BCUT2D eigenvalue weighted by atomic mass is 32.2. The number of hydrogen-bond donors (Lipinski definition) is 3. The number of nitrogens with one attached hydrogen (secondary N) is 3. The number of fused-ring (bicyclic) bond motifs is 1. The SMILES string of the molecule is CCc1cccc2c(CC(=O)NC(C)C(=O)NCC3CCS(=O)(=O)C3)c[nH]c12. The van der Waals surface area contributed by atoms with Crippen LogP contribution in [0.2, 0.25) is 0 Å². The molecule has 0 bridgehead atoms. The molecule has 1 aromatic heterocycles. The van der Waals surface area contributed by atoms with E-state index in [1.54, 1.807) is 6.92 Å². The van der Waals surface area contributed by atoms with Gasteiger partial charge >= 0.3 is 0 Å². The number of aryl methyl sites for hydroxylation is 1. The highest BCUT2D eigenvalue weighted by molar-refractivity contribution is 7.91. The van der Waals surface area contributed by atoms with Gasteiger partial charge in [-0.15, -0.1) is 0 Å². The standard InChI is InChI=1S/C20H27N3O4S/c1-3-15-5-4-6-17-16(11-21-19(15)17)9-18(24)23-13(2)20(25)22-10-14-7-8-28(26,27)12-14/h4-6,11,13-14,21H,3,7-10,12H2,1-2H3,(H,22,25)(H,23,24). The Bertz CT molecular complexity index is 980. The Hall–Kier alpha value is -2.35. The lowest BCUT2D eigenvalue weighted by Crippen LogP contribution is -2.46. The molecule has 152 valence electrons. The average Bonchev–Trinajstić information content (AvgIpc) is 3.22. The van der Waals surface area contributed by atoms with Crippen molar-refractivity contribution in [2.45, 2.75) is 39.2 Å². The van der Waals surface area contributed by atoms with Crippen molar-refractivity contribution >= 4 is 32.6 Å². The molecule has 2 unspecified atom stereocenters. The molecule has 0 spiro atoms. The maximum Gasteiger partial charge on any atom is 0.242 e. The molecule has 1 aliphatic rings. The summed E-state index contributed by atoms with van der Waals surface area (Å²) in [6, 6.07) is 5.35. The van der Waals surface area contributed by atoms with Crippen LogP contribution in [0.25, 0.3) is 10.9 Å². The van der Waals surface area contributed by atoms with Crippen molar-refractivity contribution in [2.24, 2.45) is 5.92 Å². The van der Waals surface area contributed by atoms with E-state index in [0.717, 1.165) is 22.9 Å². The number of H-pyrrole nitrogens is 1. The number of para-hydroxylation sites is 1. The van der Waals surface area contributed by atoms with E-state index in [4.69, 9.17) is 0 Å². The number of aromatic amines is 1. The van der Waals surface area contributed by atoms with Gasteiger partial charge in [0.25, 0.3) is 0 Å². The second-order valence-electron chi connectivity index (χ2n) is 7.49. The van der Waals surface area contributed by atoms with E-state index in [9.17, 15) is 18.0 Å². The lowest BCUT2D eigenvalue weighted by molar-refractivity contribution is -0.128. The molecular weight excluding hydrogens is 378 g/mol. The summed E-state index contributed by atoms with van der Waals surface area (Å²) in [5.74, 6) is -0.270. The quantitative estimate of drug-likeness (QED) is 0.646. The van der Waals surface area contributed by atoms with Crippen molar-refractivity contribution < 1.29 is 18.0 Å². The Kier molecular flexibility index (Phi) is 6.07. The maximum absolute atomic E-state index is 12.4. The number of sulfone groups is 1. The van der Waals surface area contributed by atoms with E-state index >= 15 is 0 Å². The highest BCUT2D eigenvalue weighted by Crippen LogP contribution is 2.22. The van der Waals surface area contributed by atoms with Gasteiger partial charge in [-0.2, -0.15) is 0 Å². The number of carbonyl (C=O) groups excluding carboxylic acids is 2. The predicted octanol–water partition coefficient (Wildman–Crippen LogP) is 1.33. The molecule has 0 radical (unpaired) electrons. The van der Waals surface area contributed by atoms with Crippen LogP contribution in [0.3, 0.4) is 0 Å². The summed E-state index contributed by atoms with van der Waals surface area (Å²) in [4.78, 5) is 27.8. The smallest absolute Gasteiger partial charge is 0.242 e. The zero-order valence-corrected chi connectivity index (χ0v) is 17.1. The van der Waals surface area contributed by atoms with Crippen molar-refractivity contribution in [3.05, 3.63) is 35.5 Å². The molecule has 28 heavy (non-hydrogen) atoms. The molecule has 0 saturated carbocycles. The summed E-state index contributed by atoms with van der Waals surface area (Å²) in [7, 11) is -2.96. The summed E-state index contributed by atoms with van der Waals surface area (Å²) < 4.78 is 23.0. The molecule has 0 aliphatic carbocycles. The fourth-order valence-corrected chi connectivity index (χ4v) is 5.54. The monoisotopic (exact) mass is 405 g/mol. The van der Waals surface area contributed by atoms with E-state index in [1.165, 1.54) is 5.56 Å². The van der Waals surface area contributed by atoms with Crippen molar-refractivity contribution in [1.29, 1.82) is 0 Å². The normalized spacial score (nSPS) is 19.4. The van der Waals surface area contributed by atoms with Crippen LogP contribution in [0.5, 0.6) is 0 Å². The topological polar surface area (TPSA) is 108 Å². The summed E-state index contributed by atoms with van der Waals surface area (Å²) in [6.07, 6.45) is 3.51. The molecule has 3 rings (SSSR count). The van der Waals surface area contributed by atoms with Crippen LogP contribution in [0.15, 0.2) is 24.4 Å². The molecule has 2 heterocycles. The third-order valence-electron chi connectivity index (χ3n) is 5.28. The second kappa shape index (κ2) is 8.34. The number of benzene rings is 1. The lowest BCUT2D eigenvalue weighted by atomic mass is 10.1. The van der Waals surface area contributed by atoms with Crippen LogP contribution < -0.4 is 10.6 Å². The molecule has 7 nitrogen and oxygen atoms in total. The highest BCUT2D eigenvalue weighted by Gasteiger charge is 2.28. The Morgan fingerprint density at radius 1 is 1.29 bits per heavy atom. The number of aromatic nitrogens is 1. The number of amides is 2. The number of hydrogen-bond acceptors (Lipinski definition) is 4. The zero-order chi connectivity index (χ0) is 20.3. The van der Waals surface area contributed by atoms with E-state index < -0.39 is 15.9 Å². The average molecular weight is 406 g/mol. The van der Waals surface area contributed by atoms with Gasteiger partial charge in [0.1, 0.15) is 6.04 Å². The van der Waals surface area contributed by atoms with E-state index in [1.807, 2.05) is 18.3 Å². The first kappa shape index (κ1) is 20.4. The zero-order valence-electron chi connectivity index (χ0n) is 16.2. The molecular formula is C20H27N3O4S. The van der Waals surface area contributed by atoms with Gasteiger partial charge in [0.2, 0.25) is 11.8 Å². The van der Waals surface area contributed by atoms with Gasteiger partial charge in [0, 0.05) is 23.6 Å². The second-order valence-corrected chi connectivity index (χ2v) is 9.72.